The fourth-order valence-electron chi connectivity index (χ4n) is 1.99. The van der Waals surface area contributed by atoms with Crippen molar-refractivity contribution >= 4 is 37.9 Å². The molecule has 2 rings (SSSR count). The maximum Gasteiger partial charge on any atom is 0.351 e. The van der Waals surface area contributed by atoms with Crippen LogP contribution in [0.4, 0.5) is 0 Å². The van der Waals surface area contributed by atoms with E-state index >= 15 is 0 Å². The lowest BCUT2D eigenvalue weighted by molar-refractivity contribution is 0.379. The van der Waals surface area contributed by atoms with E-state index in [4.69, 9.17) is 19.6 Å². The number of thiophene rings is 2. The third-order valence-corrected chi connectivity index (χ3v) is 7.46. The summed E-state index contributed by atoms with van der Waals surface area (Å²) in [5.74, 6) is 0. The minimum atomic E-state index is -4.09. The van der Waals surface area contributed by atoms with Crippen molar-refractivity contribution in [3.63, 3.8) is 0 Å². The van der Waals surface area contributed by atoms with Gasteiger partial charge in [-0.1, -0.05) is 50.3 Å². The van der Waals surface area contributed by atoms with E-state index < -0.39 is 15.2 Å². The SMILES string of the molecule is C/C(=C/C(C)(C)c1cccs1)P(=O)(O)O.C=C(C)/C=C(/C)P(=O)(O)O.c1ccsc1. The second kappa shape index (κ2) is 12.7. The van der Waals surface area contributed by atoms with Gasteiger partial charge >= 0.3 is 15.2 Å². The molecule has 0 bridgehead atoms. The van der Waals surface area contributed by atoms with Crippen molar-refractivity contribution in [1.29, 1.82) is 0 Å². The number of allylic oxidation sites excluding steroid dienone is 5. The zero-order valence-corrected chi connectivity index (χ0v) is 21.1. The van der Waals surface area contributed by atoms with Crippen LogP contribution >= 0.6 is 37.9 Å². The van der Waals surface area contributed by atoms with Gasteiger partial charge in [0.2, 0.25) is 0 Å². The van der Waals surface area contributed by atoms with Gasteiger partial charge in [-0.3, -0.25) is 9.13 Å². The third-order valence-electron chi connectivity index (χ3n) is 3.53. The molecule has 2 aromatic heterocycles. The summed E-state index contributed by atoms with van der Waals surface area (Å²) in [5.41, 5.74) is 0.306. The van der Waals surface area contributed by atoms with Crippen LogP contribution in [-0.4, -0.2) is 19.6 Å². The molecule has 0 aliphatic carbocycles. The van der Waals surface area contributed by atoms with Crippen LogP contribution in [0, 0.1) is 0 Å². The highest BCUT2D eigenvalue weighted by atomic mass is 32.1. The van der Waals surface area contributed by atoms with Gasteiger partial charge in [0.1, 0.15) is 0 Å². The summed E-state index contributed by atoms with van der Waals surface area (Å²) in [4.78, 5) is 36.2. The molecule has 0 amide bonds. The number of hydrogen-bond donors (Lipinski definition) is 4. The van der Waals surface area contributed by atoms with E-state index in [0.717, 1.165) is 4.88 Å². The lowest BCUT2D eigenvalue weighted by Gasteiger charge is -2.20. The molecule has 0 aliphatic heterocycles. The van der Waals surface area contributed by atoms with Crippen LogP contribution in [0.3, 0.4) is 0 Å². The first-order valence-corrected chi connectivity index (χ1v) is 13.8. The smallest absolute Gasteiger partial charge is 0.321 e. The molecule has 0 saturated carbocycles. The topological polar surface area (TPSA) is 115 Å². The van der Waals surface area contributed by atoms with Crippen molar-refractivity contribution in [2.75, 3.05) is 0 Å². The molecular weight excluding hydrogens is 462 g/mol. The largest absolute Gasteiger partial charge is 0.351 e. The van der Waals surface area contributed by atoms with Gasteiger partial charge in [-0.05, 0) is 49.1 Å². The van der Waals surface area contributed by atoms with E-state index in [1.807, 2.05) is 54.3 Å². The molecule has 4 N–H and O–H groups in total. The third kappa shape index (κ3) is 12.6. The van der Waals surface area contributed by atoms with Gasteiger partial charge in [0.05, 0.1) is 0 Å². The molecule has 0 radical (unpaired) electrons. The van der Waals surface area contributed by atoms with Crippen LogP contribution in [0.15, 0.2) is 75.3 Å². The zero-order valence-electron chi connectivity index (χ0n) is 17.7. The Bertz CT molecular complexity index is 899. The van der Waals surface area contributed by atoms with Gasteiger partial charge in [-0.2, -0.15) is 11.3 Å². The number of rotatable bonds is 5. The summed E-state index contributed by atoms with van der Waals surface area (Å²) < 4.78 is 21.5. The molecule has 0 aromatic carbocycles. The van der Waals surface area contributed by atoms with E-state index in [1.54, 1.807) is 35.7 Å². The van der Waals surface area contributed by atoms with Gasteiger partial charge < -0.3 is 19.6 Å². The summed E-state index contributed by atoms with van der Waals surface area (Å²) in [5, 5.41) is 6.22. The Morgan fingerprint density at radius 1 is 0.933 bits per heavy atom. The average Bonchev–Trinajstić information content (AvgIpc) is 3.29. The Balaban J connectivity index is 0.000000478. The fourth-order valence-corrected chi connectivity index (χ4v) is 4.15. The van der Waals surface area contributed by atoms with E-state index in [-0.39, 0.29) is 16.0 Å². The normalized spacial score (nSPS) is 13.0. The molecule has 0 atom stereocenters. The highest BCUT2D eigenvalue weighted by molar-refractivity contribution is 7.56. The summed E-state index contributed by atoms with van der Waals surface area (Å²) in [7, 11) is -8.10. The highest BCUT2D eigenvalue weighted by Crippen LogP contribution is 2.47. The Hall–Kier alpha value is -1.08. The lowest BCUT2D eigenvalue weighted by atomic mass is 9.91. The molecule has 168 valence electrons. The van der Waals surface area contributed by atoms with Gasteiger partial charge in [0.25, 0.3) is 0 Å². The Morgan fingerprint density at radius 2 is 1.43 bits per heavy atom. The quantitative estimate of drug-likeness (QED) is 0.280. The summed E-state index contributed by atoms with van der Waals surface area (Å²) >= 11 is 3.30. The van der Waals surface area contributed by atoms with Crippen molar-refractivity contribution in [2.24, 2.45) is 0 Å². The molecule has 0 aliphatic rings. The zero-order chi connectivity index (χ0) is 23.6. The van der Waals surface area contributed by atoms with Crippen LogP contribution in [0.5, 0.6) is 0 Å². The first kappa shape index (κ1) is 28.9. The second-order valence-electron chi connectivity index (χ2n) is 7.00. The second-order valence-corrected chi connectivity index (χ2v) is 12.3. The highest BCUT2D eigenvalue weighted by Gasteiger charge is 2.24. The molecule has 10 heteroatoms. The van der Waals surface area contributed by atoms with Gasteiger partial charge in [-0.25, -0.2) is 0 Å². The number of hydrogen-bond acceptors (Lipinski definition) is 4. The van der Waals surface area contributed by atoms with Crippen molar-refractivity contribution in [1.82, 2.24) is 0 Å². The van der Waals surface area contributed by atoms with Crippen molar-refractivity contribution in [3.8, 4) is 0 Å². The van der Waals surface area contributed by atoms with E-state index in [1.165, 1.54) is 19.9 Å². The van der Waals surface area contributed by atoms with Crippen molar-refractivity contribution < 1.29 is 28.7 Å². The van der Waals surface area contributed by atoms with E-state index in [9.17, 15) is 9.13 Å². The molecule has 0 unspecified atom stereocenters. The van der Waals surface area contributed by atoms with Gasteiger partial charge in [0, 0.05) is 20.9 Å². The molecule has 2 aromatic rings. The summed E-state index contributed by atoms with van der Waals surface area (Å²) in [6.45, 7) is 11.9. The first-order valence-electron chi connectivity index (χ1n) is 8.74. The molecule has 0 saturated heterocycles. The van der Waals surface area contributed by atoms with Gasteiger partial charge in [0.15, 0.2) is 0 Å². The minimum Gasteiger partial charge on any atom is -0.321 e. The Labute approximate surface area is 186 Å². The van der Waals surface area contributed by atoms with Crippen LogP contribution in [-0.2, 0) is 14.5 Å². The van der Waals surface area contributed by atoms with E-state index in [2.05, 4.69) is 6.58 Å². The average molecular weight is 493 g/mol. The molecule has 0 fully saturated rings. The predicted octanol–water partition coefficient (Wildman–Crippen LogP) is 6.50. The van der Waals surface area contributed by atoms with Crippen LogP contribution in [0.1, 0.15) is 39.5 Å². The maximum absolute atomic E-state index is 11.0. The van der Waals surface area contributed by atoms with Crippen molar-refractivity contribution in [2.45, 2.75) is 40.0 Å². The van der Waals surface area contributed by atoms with Gasteiger partial charge in [-0.15, -0.1) is 11.3 Å². The summed E-state index contributed by atoms with van der Waals surface area (Å²) in [6, 6.07) is 7.94. The predicted molar refractivity (Wildman–Crippen MR) is 128 cm³/mol. The first-order chi connectivity index (χ1) is 13.6. The molecule has 2 heterocycles. The molecule has 6 nitrogen and oxygen atoms in total. The fraction of sp³-hybridized carbons (Fsp3) is 0.300. The monoisotopic (exact) mass is 492 g/mol. The van der Waals surface area contributed by atoms with Crippen LogP contribution < -0.4 is 0 Å². The Kier molecular flexibility index (Phi) is 12.2. The maximum atomic E-state index is 11.0. The Morgan fingerprint density at radius 3 is 1.70 bits per heavy atom. The molecular formula is C20H30O6P2S2. The lowest BCUT2D eigenvalue weighted by Crippen LogP contribution is -2.12. The molecule has 0 spiro atoms. The van der Waals surface area contributed by atoms with Crippen molar-refractivity contribution in [3.05, 3.63) is 80.2 Å². The van der Waals surface area contributed by atoms with Crippen LogP contribution in [0.25, 0.3) is 0 Å². The van der Waals surface area contributed by atoms with Crippen LogP contribution in [0.2, 0.25) is 0 Å². The standard InChI is InChI=1S/C10H15O3PS.C6H11O3P.C4H4S/c1-8(14(11,12)13)7-10(2,3)9-5-4-6-15-9;1-5(2)4-6(3)10(7,8)9;1-2-4-5-3-1/h4-7H,1-3H3,(H2,11,12,13);4H,1H2,2-3H3,(H2,7,8,9);1-4H/b8-7-;6-4-;. The minimum absolute atomic E-state index is 0.0556. The van der Waals surface area contributed by atoms with E-state index in [0.29, 0.717) is 5.57 Å². The summed E-state index contributed by atoms with van der Waals surface area (Å²) in [6.07, 6.45) is 3.01. The molecule has 30 heavy (non-hydrogen) atoms.